The molecule has 21 heavy (non-hydrogen) atoms. The molecule has 0 spiro atoms. The molecule has 0 aromatic heterocycles. The number of unbranched alkanes of at least 4 members (excludes halogenated alkanes) is 4. The lowest BCUT2D eigenvalue weighted by Crippen LogP contribution is -2.46. The lowest BCUT2D eigenvalue weighted by molar-refractivity contribution is -0.403. The van der Waals surface area contributed by atoms with Crippen LogP contribution < -0.4 is 0 Å². The van der Waals surface area contributed by atoms with Gasteiger partial charge in [0.2, 0.25) is 0 Å². The van der Waals surface area contributed by atoms with Crippen molar-refractivity contribution in [3.8, 4) is 0 Å². The second-order valence-corrected chi connectivity index (χ2v) is 5.59. The van der Waals surface area contributed by atoms with Gasteiger partial charge < -0.3 is 14.2 Å². The van der Waals surface area contributed by atoms with Crippen molar-refractivity contribution in [2.75, 3.05) is 19.8 Å². The van der Waals surface area contributed by atoms with Crippen LogP contribution in [0.1, 0.15) is 86.0 Å². The van der Waals surface area contributed by atoms with E-state index in [1.54, 1.807) is 0 Å². The minimum Gasteiger partial charge on any atom is -0.328 e. The molecule has 0 aliphatic rings. The second kappa shape index (κ2) is 13.5. The first-order chi connectivity index (χ1) is 10.2. The number of rotatable bonds is 15. The zero-order valence-corrected chi connectivity index (χ0v) is 15.1. The molecule has 3 heteroatoms. The van der Waals surface area contributed by atoms with E-state index >= 15 is 0 Å². The molecule has 3 nitrogen and oxygen atoms in total. The van der Waals surface area contributed by atoms with Gasteiger partial charge in [0.15, 0.2) is 0 Å². The molecule has 0 aliphatic heterocycles. The predicted octanol–water partition coefficient (Wildman–Crippen LogP) is 5.53. The van der Waals surface area contributed by atoms with Crippen molar-refractivity contribution in [2.24, 2.45) is 5.92 Å². The normalized spacial score (nSPS) is 13.6. The molecule has 0 N–H and O–H groups in total. The van der Waals surface area contributed by atoms with Gasteiger partial charge >= 0.3 is 0 Å². The minimum absolute atomic E-state index is 0.323. The Kier molecular flexibility index (Phi) is 13.5. The first kappa shape index (κ1) is 20.9. The Hall–Kier alpha value is -0.120. The lowest BCUT2D eigenvalue weighted by atomic mass is 9.93. The molecule has 0 rings (SSSR count). The monoisotopic (exact) mass is 302 g/mol. The molecular weight excluding hydrogens is 264 g/mol. The van der Waals surface area contributed by atoms with E-state index in [4.69, 9.17) is 14.2 Å². The fourth-order valence-corrected chi connectivity index (χ4v) is 2.92. The molecule has 0 saturated heterocycles. The molecule has 128 valence electrons. The van der Waals surface area contributed by atoms with Crippen molar-refractivity contribution in [3.63, 3.8) is 0 Å². The Bertz CT molecular complexity index is 201. The van der Waals surface area contributed by atoms with Crippen molar-refractivity contribution in [3.05, 3.63) is 0 Å². The highest BCUT2D eigenvalue weighted by molar-refractivity contribution is 4.72. The van der Waals surface area contributed by atoms with E-state index in [0.29, 0.717) is 25.7 Å². The van der Waals surface area contributed by atoms with Crippen LogP contribution in [0.25, 0.3) is 0 Å². The zero-order chi connectivity index (χ0) is 16.0. The maximum absolute atomic E-state index is 5.96. The molecule has 0 aromatic carbocycles. The Balaban J connectivity index is 4.68. The van der Waals surface area contributed by atoms with Crippen LogP contribution in [0.15, 0.2) is 0 Å². The molecule has 1 atom stereocenters. The highest BCUT2D eigenvalue weighted by Crippen LogP contribution is 2.33. The molecule has 0 aromatic rings. The summed E-state index contributed by atoms with van der Waals surface area (Å²) in [5, 5.41) is 0. The number of hydrogen-bond acceptors (Lipinski definition) is 3. The zero-order valence-electron chi connectivity index (χ0n) is 15.1. The summed E-state index contributed by atoms with van der Waals surface area (Å²) in [6.45, 7) is 12.4. The van der Waals surface area contributed by atoms with E-state index in [-0.39, 0.29) is 0 Å². The van der Waals surface area contributed by atoms with E-state index < -0.39 is 5.97 Å². The third-order valence-electron chi connectivity index (χ3n) is 3.83. The Labute approximate surface area is 132 Å². The Morgan fingerprint density at radius 3 is 1.57 bits per heavy atom. The molecule has 1 unspecified atom stereocenters. The quantitative estimate of drug-likeness (QED) is 0.294. The average Bonchev–Trinajstić information content (AvgIpc) is 2.46. The Morgan fingerprint density at radius 2 is 1.14 bits per heavy atom. The SMILES string of the molecule is CCCCCCCC(CCC)C(OCC)(OCC)OCC. The van der Waals surface area contributed by atoms with Gasteiger partial charge in [-0.25, -0.2) is 0 Å². The van der Waals surface area contributed by atoms with Crippen molar-refractivity contribution in [1.82, 2.24) is 0 Å². The molecule has 0 aliphatic carbocycles. The highest BCUT2D eigenvalue weighted by atomic mass is 16.9. The van der Waals surface area contributed by atoms with Gasteiger partial charge in [-0.05, 0) is 33.6 Å². The molecular formula is C18H38O3. The van der Waals surface area contributed by atoms with Crippen LogP contribution in [0.3, 0.4) is 0 Å². The van der Waals surface area contributed by atoms with Gasteiger partial charge in [0, 0.05) is 25.7 Å². The molecule has 0 heterocycles. The summed E-state index contributed by atoms with van der Waals surface area (Å²) in [7, 11) is 0. The highest BCUT2D eigenvalue weighted by Gasteiger charge is 2.41. The molecule has 0 amide bonds. The fraction of sp³-hybridized carbons (Fsp3) is 1.00. The number of ether oxygens (including phenoxy) is 3. The standard InChI is InChI=1S/C18H38O3/c1-6-11-12-13-14-16-17(15-7-2)18(19-8-3,20-9-4)21-10-5/h17H,6-16H2,1-5H3. The van der Waals surface area contributed by atoms with Crippen molar-refractivity contribution in [2.45, 2.75) is 92.0 Å². The van der Waals surface area contributed by atoms with Crippen LogP contribution >= 0.6 is 0 Å². The van der Waals surface area contributed by atoms with Crippen LogP contribution in [-0.4, -0.2) is 25.8 Å². The molecule has 0 bridgehead atoms. The summed E-state index contributed by atoms with van der Waals surface area (Å²) < 4.78 is 17.9. The third kappa shape index (κ3) is 8.18. The molecule has 0 radical (unpaired) electrons. The van der Waals surface area contributed by atoms with Gasteiger partial charge in [0.1, 0.15) is 0 Å². The first-order valence-electron chi connectivity index (χ1n) is 9.12. The van der Waals surface area contributed by atoms with E-state index in [2.05, 4.69) is 13.8 Å². The van der Waals surface area contributed by atoms with E-state index in [9.17, 15) is 0 Å². The molecule has 0 saturated carbocycles. The Morgan fingerprint density at radius 1 is 0.619 bits per heavy atom. The molecule has 0 fully saturated rings. The van der Waals surface area contributed by atoms with Crippen LogP contribution in [-0.2, 0) is 14.2 Å². The van der Waals surface area contributed by atoms with Gasteiger partial charge in [0.05, 0.1) is 0 Å². The maximum atomic E-state index is 5.96. The van der Waals surface area contributed by atoms with Crippen molar-refractivity contribution in [1.29, 1.82) is 0 Å². The maximum Gasteiger partial charge on any atom is 0.285 e. The van der Waals surface area contributed by atoms with Crippen molar-refractivity contribution < 1.29 is 14.2 Å². The third-order valence-corrected chi connectivity index (χ3v) is 3.83. The summed E-state index contributed by atoms with van der Waals surface area (Å²) in [5.41, 5.74) is 0. The largest absolute Gasteiger partial charge is 0.328 e. The van der Waals surface area contributed by atoms with Gasteiger partial charge in [-0.1, -0.05) is 52.4 Å². The topological polar surface area (TPSA) is 27.7 Å². The van der Waals surface area contributed by atoms with Crippen LogP contribution in [0.5, 0.6) is 0 Å². The van der Waals surface area contributed by atoms with E-state index in [1.807, 2.05) is 20.8 Å². The van der Waals surface area contributed by atoms with Gasteiger partial charge in [-0.2, -0.15) is 0 Å². The summed E-state index contributed by atoms with van der Waals surface area (Å²) in [5.74, 6) is -0.511. The average molecular weight is 302 g/mol. The summed E-state index contributed by atoms with van der Waals surface area (Å²) >= 11 is 0. The second-order valence-electron chi connectivity index (χ2n) is 5.59. The van der Waals surface area contributed by atoms with E-state index in [1.165, 1.54) is 32.1 Å². The van der Waals surface area contributed by atoms with Crippen LogP contribution in [0.4, 0.5) is 0 Å². The van der Waals surface area contributed by atoms with Crippen LogP contribution in [0, 0.1) is 5.92 Å². The predicted molar refractivity (Wildman–Crippen MR) is 89.4 cm³/mol. The van der Waals surface area contributed by atoms with Crippen molar-refractivity contribution >= 4 is 0 Å². The number of hydrogen-bond donors (Lipinski definition) is 0. The lowest BCUT2D eigenvalue weighted by Gasteiger charge is -2.39. The summed E-state index contributed by atoms with van der Waals surface area (Å²) in [4.78, 5) is 0. The smallest absolute Gasteiger partial charge is 0.285 e. The minimum atomic E-state index is -0.834. The summed E-state index contributed by atoms with van der Waals surface area (Å²) in [6.07, 6.45) is 9.85. The fourth-order valence-electron chi connectivity index (χ4n) is 2.92. The van der Waals surface area contributed by atoms with Gasteiger partial charge in [0.25, 0.3) is 5.97 Å². The van der Waals surface area contributed by atoms with Gasteiger partial charge in [-0.3, -0.25) is 0 Å². The summed E-state index contributed by atoms with van der Waals surface area (Å²) in [6, 6.07) is 0. The van der Waals surface area contributed by atoms with E-state index in [0.717, 1.165) is 19.3 Å². The first-order valence-corrected chi connectivity index (χ1v) is 9.12. The van der Waals surface area contributed by atoms with Crippen LogP contribution in [0.2, 0.25) is 0 Å². The van der Waals surface area contributed by atoms with Gasteiger partial charge in [-0.15, -0.1) is 0 Å².